The second-order valence-electron chi connectivity index (χ2n) is 3.82. The van der Waals surface area contributed by atoms with Crippen LogP contribution in [0.25, 0.3) is 0 Å². The van der Waals surface area contributed by atoms with Gasteiger partial charge in [-0.1, -0.05) is 20.8 Å². The van der Waals surface area contributed by atoms with Gasteiger partial charge in [0.15, 0.2) is 0 Å². The molecular weight excluding hydrogens is 174 g/mol. The van der Waals surface area contributed by atoms with Crippen molar-refractivity contribution in [2.75, 3.05) is 19.8 Å². The fourth-order valence-electron chi connectivity index (χ4n) is 1.80. The molecule has 86 valence electrons. The number of rotatable bonds is 9. The molecule has 0 aliphatic carbocycles. The topological polar surface area (TPSA) is 21.3 Å². The summed E-state index contributed by atoms with van der Waals surface area (Å²) in [5.74, 6) is 0. The fraction of sp³-hybridized carbons (Fsp3) is 1.00. The summed E-state index contributed by atoms with van der Waals surface area (Å²) < 4.78 is 5.31. The predicted molar refractivity (Wildman–Crippen MR) is 62.7 cm³/mol. The van der Waals surface area contributed by atoms with Crippen LogP contribution in [0.3, 0.4) is 0 Å². The largest absolute Gasteiger partial charge is 0.382 e. The molecule has 14 heavy (non-hydrogen) atoms. The van der Waals surface area contributed by atoms with Crippen LogP contribution in [-0.4, -0.2) is 25.3 Å². The Bertz CT molecular complexity index is 113. The zero-order valence-corrected chi connectivity index (χ0v) is 10.4. The van der Waals surface area contributed by atoms with Crippen LogP contribution >= 0.6 is 0 Å². The smallest absolute Gasteiger partial charge is 0.0477 e. The molecule has 0 amide bonds. The van der Waals surface area contributed by atoms with Crippen molar-refractivity contribution in [3.63, 3.8) is 0 Å². The zero-order valence-electron chi connectivity index (χ0n) is 10.4. The normalized spacial score (nSPS) is 12.0. The van der Waals surface area contributed by atoms with E-state index in [4.69, 9.17) is 4.74 Å². The van der Waals surface area contributed by atoms with Gasteiger partial charge in [0.25, 0.3) is 0 Å². The third-order valence-corrected chi connectivity index (χ3v) is 3.20. The van der Waals surface area contributed by atoms with Crippen molar-refractivity contribution >= 4 is 0 Å². The molecule has 2 heteroatoms. The lowest BCUT2D eigenvalue weighted by Gasteiger charge is -2.32. The molecule has 0 aromatic carbocycles. The predicted octanol–water partition coefficient (Wildman–Crippen LogP) is 2.97. The van der Waals surface area contributed by atoms with E-state index in [1.165, 1.54) is 19.3 Å². The molecule has 0 bridgehead atoms. The standard InChI is InChI=1S/C12H27NO/c1-5-12(6-2,7-3)13-10-9-11-14-8-4/h13H,5-11H2,1-4H3. The van der Waals surface area contributed by atoms with E-state index in [2.05, 4.69) is 26.1 Å². The van der Waals surface area contributed by atoms with E-state index >= 15 is 0 Å². The average Bonchev–Trinajstić information content (AvgIpc) is 2.24. The van der Waals surface area contributed by atoms with Crippen molar-refractivity contribution in [3.8, 4) is 0 Å². The van der Waals surface area contributed by atoms with Gasteiger partial charge in [-0.25, -0.2) is 0 Å². The molecule has 0 rings (SSSR count). The fourth-order valence-corrected chi connectivity index (χ4v) is 1.80. The average molecular weight is 201 g/mol. The highest BCUT2D eigenvalue weighted by molar-refractivity contribution is 4.83. The molecule has 0 saturated carbocycles. The number of hydrogen-bond acceptors (Lipinski definition) is 2. The van der Waals surface area contributed by atoms with Crippen LogP contribution in [0.15, 0.2) is 0 Å². The van der Waals surface area contributed by atoms with Gasteiger partial charge >= 0.3 is 0 Å². The van der Waals surface area contributed by atoms with E-state index in [-0.39, 0.29) is 0 Å². The van der Waals surface area contributed by atoms with Crippen LogP contribution in [0.1, 0.15) is 53.4 Å². The van der Waals surface area contributed by atoms with Crippen LogP contribution in [0.2, 0.25) is 0 Å². The number of nitrogens with one attached hydrogen (secondary N) is 1. The lowest BCUT2D eigenvalue weighted by molar-refractivity contribution is 0.141. The minimum absolute atomic E-state index is 0.367. The first-order valence-corrected chi connectivity index (χ1v) is 6.07. The number of ether oxygens (including phenoxy) is 1. The van der Waals surface area contributed by atoms with Gasteiger partial charge in [0.2, 0.25) is 0 Å². The zero-order chi connectivity index (χ0) is 10.9. The van der Waals surface area contributed by atoms with Gasteiger partial charge in [-0.2, -0.15) is 0 Å². The Morgan fingerprint density at radius 1 is 1.00 bits per heavy atom. The summed E-state index contributed by atoms with van der Waals surface area (Å²) in [7, 11) is 0. The van der Waals surface area contributed by atoms with Crippen molar-refractivity contribution in [2.45, 2.75) is 58.9 Å². The molecule has 0 aliphatic rings. The molecule has 2 nitrogen and oxygen atoms in total. The van der Waals surface area contributed by atoms with Crippen molar-refractivity contribution in [1.29, 1.82) is 0 Å². The Morgan fingerprint density at radius 3 is 2.00 bits per heavy atom. The van der Waals surface area contributed by atoms with E-state index in [1.807, 2.05) is 6.92 Å². The SMILES string of the molecule is CCOCCCNC(CC)(CC)CC. The van der Waals surface area contributed by atoms with Gasteiger partial charge in [-0.3, -0.25) is 0 Å². The molecule has 0 radical (unpaired) electrons. The molecule has 0 atom stereocenters. The number of hydrogen-bond donors (Lipinski definition) is 1. The first-order valence-electron chi connectivity index (χ1n) is 6.07. The molecule has 0 saturated heterocycles. The van der Waals surface area contributed by atoms with Crippen LogP contribution in [-0.2, 0) is 4.74 Å². The van der Waals surface area contributed by atoms with E-state index < -0.39 is 0 Å². The maximum absolute atomic E-state index is 5.31. The summed E-state index contributed by atoms with van der Waals surface area (Å²) in [6.45, 7) is 11.6. The van der Waals surface area contributed by atoms with E-state index in [1.54, 1.807) is 0 Å². The molecule has 0 aliphatic heterocycles. The van der Waals surface area contributed by atoms with Gasteiger partial charge < -0.3 is 10.1 Å². The Morgan fingerprint density at radius 2 is 1.57 bits per heavy atom. The summed E-state index contributed by atoms with van der Waals surface area (Å²) in [4.78, 5) is 0. The first kappa shape index (κ1) is 13.9. The van der Waals surface area contributed by atoms with Gasteiger partial charge in [-0.05, 0) is 39.2 Å². The lowest BCUT2D eigenvalue weighted by Crippen LogP contribution is -2.44. The summed E-state index contributed by atoms with van der Waals surface area (Å²) in [5, 5.41) is 3.66. The van der Waals surface area contributed by atoms with Crippen LogP contribution in [0, 0.1) is 0 Å². The van der Waals surface area contributed by atoms with Crippen molar-refractivity contribution < 1.29 is 4.74 Å². The third kappa shape index (κ3) is 4.97. The summed E-state index contributed by atoms with van der Waals surface area (Å²) >= 11 is 0. The molecule has 0 fully saturated rings. The Balaban J connectivity index is 3.61. The van der Waals surface area contributed by atoms with Crippen molar-refractivity contribution in [2.24, 2.45) is 0 Å². The minimum atomic E-state index is 0.367. The van der Waals surface area contributed by atoms with E-state index in [0.29, 0.717) is 5.54 Å². The molecular formula is C12H27NO. The minimum Gasteiger partial charge on any atom is -0.382 e. The van der Waals surface area contributed by atoms with Crippen molar-refractivity contribution in [3.05, 3.63) is 0 Å². The van der Waals surface area contributed by atoms with E-state index in [9.17, 15) is 0 Å². The van der Waals surface area contributed by atoms with Gasteiger partial charge in [0, 0.05) is 18.8 Å². The quantitative estimate of drug-likeness (QED) is 0.579. The molecule has 1 N–H and O–H groups in total. The Hall–Kier alpha value is -0.0800. The third-order valence-electron chi connectivity index (χ3n) is 3.20. The second kappa shape index (κ2) is 8.25. The highest BCUT2D eigenvalue weighted by Crippen LogP contribution is 2.18. The van der Waals surface area contributed by atoms with Gasteiger partial charge in [-0.15, -0.1) is 0 Å². The molecule has 0 heterocycles. The first-order chi connectivity index (χ1) is 6.74. The van der Waals surface area contributed by atoms with Gasteiger partial charge in [0.05, 0.1) is 0 Å². The maximum atomic E-state index is 5.31. The summed E-state index contributed by atoms with van der Waals surface area (Å²) in [6, 6.07) is 0. The highest BCUT2D eigenvalue weighted by Gasteiger charge is 2.21. The van der Waals surface area contributed by atoms with E-state index in [0.717, 1.165) is 26.2 Å². The molecule has 0 aromatic heterocycles. The lowest BCUT2D eigenvalue weighted by atomic mass is 9.90. The monoisotopic (exact) mass is 201 g/mol. The summed E-state index contributed by atoms with van der Waals surface area (Å²) in [5.41, 5.74) is 0.367. The maximum Gasteiger partial charge on any atom is 0.0477 e. The second-order valence-corrected chi connectivity index (χ2v) is 3.82. The van der Waals surface area contributed by atoms with Gasteiger partial charge in [0.1, 0.15) is 0 Å². The van der Waals surface area contributed by atoms with Crippen LogP contribution in [0.5, 0.6) is 0 Å². The van der Waals surface area contributed by atoms with Crippen LogP contribution in [0.4, 0.5) is 0 Å². The highest BCUT2D eigenvalue weighted by atomic mass is 16.5. The van der Waals surface area contributed by atoms with Crippen LogP contribution < -0.4 is 5.32 Å². The molecule has 0 spiro atoms. The molecule has 0 unspecified atom stereocenters. The summed E-state index contributed by atoms with van der Waals surface area (Å²) in [6.07, 6.45) is 4.77. The Kier molecular flexibility index (Phi) is 8.20. The van der Waals surface area contributed by atoms with Crippen molar-refractivity contribution in [1.82, 2.24) is 5.32 Å². The molecule has 0 aromatic rings. The Labute approximate surface area is 89.4 Å².